The highest BCUT2D eigenvalue weighted by atomic mass is 35.5. The zero-order chi connectivity index (χ0) is 13.5. The topological polar surface area (TPSA) is 24.1 Å². The average Bonchev–Trinajstić information content (AvgIpc) is 2.32. The molecule has 0 bridgehead atoms. The average molecular weight is 297 g/mol. The molecule has 1 aromatic carbocycles. The van der Waals surface area contributed by atoms with E-state index in [1.165, 1.54) is 44.9 Å². The second-order valence-corrected chi connectivity index (χ2v) is 6.00. The molecule has 104 valence electrons. The minimum absolute atomic E-state index is 0.513. The van der Waals surface area contributed by atoms with E-state index in [2.05, 4.69) is 10.6 Å². The van der Waals surface area contributed by atoms with Crippen LogP contribution < -0.4 is 10.6 Å². The van der Waals surface area contributed by atoms with E-state index in [4.69, 9.17) is 23.8 Å². The summed E-state index contributed by atoms with van der Waals surface area (Å²) in [6, 6.07) is 8.15. The van der Waals surface area contributed by atoms with Gasteiger partial charge in [-0.15, -0.1) is 0 Å². The Labute approximate surface area is 125 Å². The van der Waals surface area contributed by atoms with Crippen LogP contribution in [0, 0.1) is 0 Å². The van der Waals surface area contributed by atoms with Crippen molar-refractivity contribution in [3.05, 3.63) is 29.3 Å². The summed E-state index contributed by atoms with van der Waals surface area (Å²) in [5, 5.41) is 8.06. The van der Waals surface area contributed by atoms with E-state index in [0.29, 0.717) is 11.2 Å². The van der Waals surface area contributed by atoms with E-state index in [1.54, 1.807) is 0 Å². The van der Waals surface area contributed by atoms with E-state index in [-0.39, 0.29) is 0 Å². The van der Waals surface area contributed by atoms with Crippen molar-refractivity contribution < 1.29 is 0 Å². The summed E-state index contributed by atoms with van der Waals surface area (Å²) < 4.78 is 0. The Hall–Kier alpha value is -0.800. The van der Waals surface area contributed by atoms with Crippen LogP contribution in [-0.4, -0.2) is 11.2 Å². The SMILES string of the molecule is S=C(Nc1cccc(Cl)c1)NC1CCCCCCC1. The van der Waals surface area contributed by atoms with Crippen molar-refractivity contribution in [3.63, 3.8) is 0 Å². The van der Waals surface area contributed by atoms with Gasteiger partial charge in [0.1, 0.15) is 0 Å². The highest BCUT2D eigenvalue weighted by Gasteiger charge is 2.12. The molecular formula is C15H21ClN2S. The Kier molecular flexibility index (Phi) is 5.93. The van der Waals surface area contributed by atoms with Crippen molar-refractivity contribution in [3.8, 4) is 0 Å². The molecule has 19 heavy (non-hydrogen) atoms. The second kappa shape index (κ2) is 7.71. The van der Waals surface area contributed by atoms with Crippen LogP contribution in [0.4, 0.5) is 5.69 Å². The highest BCUT2D eigenvalue weighted by molar-refractivity contribution is 7.80. The van der Waals surface area contributed by atoms with Gasteiger partial charge in [-0.05, 0) is 43.3 Å². The first-order valence-corrected chi connectivity index (χ1v) is 7.86. The number of rotatable bonds is 2. The number of halogens is 1. The summed E-state index contributed by atoms with van der Waals surface area (Å²) in [5.74, 6) is 0. The lowest BCUT2D eigenvalue weighted by atomic mass is 9.97. The fourth-order valence-electron chi connectivity index (χ4n) is 2.52. The molecule has 0 amide bonds. The van der Waals surface area contributed by atoms with Gasteiger partial charge in [0.05, 0.1) is 0 Å². The van der Waals surface area contributed by atoms with Crippen LogP contribution in [0.3, 0.4) is 0 Å². The van der Waals surface area contributed by atoms with E-state index in [9.17, 15) is 0 Å². The van der Waals surface area contributed by atoms with Gasteiger partial charge in [0.15, 0.2) is 5.11 Å². The molecule has 2 N–H and O–H groups in total. The van der Waals surface area contributed by atoms with Gasteiger partial charge in [-0.2, -0.15) is 0 Å². The number of benzene rings is 1. The third kappa shape index (κ3) is 5.37. The van der Waals surface area contributed by atoms with Crippen molar-refractivity contribution in [1.82, 2.24) is 5.32 Å². The van der Waals surface area contributed by atoms with Crippen molar-refractivity contribution in [1.29, 1.82) is 0 Å². The molecule has 0 saturated heterocycles. The zero-order valence-electron chi connectivity index (χ0n) is 11.1. The molecule has 1 fully saturated rings. The minimum atomic E-state index is 0.513. The van der Waals surface area contributed by atoms with E-state index in [1.807, 2.05) is 24.3 Å². The monoisotopic (exact) mass is 296 g/mol. The molecule has 1 aliphatic carbocycles. The minimum Gasteiger partial charge on any atom is -0.360 e. The normalized spacial score (nSPS) is 17.3. The standard InChI is InChI=1S/C15H21ClN2S/c16-12-7-6-10-14(11-12)18-15(19)17-13-8-4-2-1-3-5-9-13/h6-7,10-11,13H,1-5,8-9H2,(H2,17,18,19). The van der Waals surface area contributed by atoms with Crippen molar-refractivity contribution >= 4 is 34.6 Å². The fraction of sp³-hybridized carbons (Fsp3) is 0.533. The van der Waals surface area contributed by atoms with Gasteiger partial charge in [-0.1, -0.05) is 49.8 Å². The first-order valence-electron chi connectivity index (χ1n) is 7.07. The molecule has 0 heterocycles. The molecule has 2 nitrogen and oxygen atoms in total. The Bertz CT molecular complexity index is 414. The summed E-state index contributed by atoms with van der Waals surface area (Å²) in [4.78, 5) is 0. The van der Waals surface area contributed by atoms with Gasteiger partial charge >= 0.3 is 0 Å². The lowest BCUT2D eigenvalue weighted by Gasteiger charge is -2.22. The summed E-state index contributed by atoms with van der Waals surface area (Å²) in [5.41, 5.74) is 0.941. The van der Waals surface area contributed by atoms with Crippen LogP contribution in [0.1, 0.15) is 44.9 Å². The van der Waals surface area contributed by atoms with Gasteiger partial charge in [0, 0.05) is 16.8 Å². The lowest BCUT2D eigenvalue weighted by Crippen LogP contribution is -2.38. The van der Waals surface area contributed by atoms with Gasteiger partial charge in [0.2, 0.25) is 0 Å². The van der Waals surface area contributed by atoms with E-state index < -0.39 is 0 Å². The van der Waals surface area contributed by atoms with Gasteiger partial charge in [-0.3, -0.25) is 0 Å². The molecule has 1 aliphatic rings. The maximum Gasteiger partial charge on any atom is 0.170 e. The van der Waals surface area contributed by atoms with Crippen molar-refractivity contribution in [2.75, 3.05) is 5.32 Å². The van der Waals surface area contributed by atoms with Crippen molar-refractivity contribution in [2.24, 2.45) is 0 Å². The zero-order valence-corrected chi connectivity index (χ0v) is 12.7. The Morgan fingerprint density at radius 1 is 1.11 bits per heavy atom. The fourth-order valence-corrected chi connectivity index (χ4v) is 2.99. The summed E-state index contributed by atoms with van der Waals surface area (Å²) in [7, 11) is 0. The molecule has 0 aliphatic heterocycles. The van der Waals surface area contributed by atoms with Crippen LogP contribution in [0.25, 0.3) is 0 Å². The molecular weight excluding hydrogens is 276 g/mol. The first-order chi connectivity index (χ1) is 9.24. The van der Waals surface area contributed by atoms with Gasteiger partial charge < -0.3 is 10.6 Å². The molecule has 1 aromatic rings. The Balaban J connectivity index is 1.82. The third-order valence-corrected chi connectivity index (χ3v) is 3.98. The van der Waals surface area contributed by atoms with Crippen LogP contribution in [-0.2, 0) is 0 Å². The number of anilines is 1. The third-order valence-electron chi connectivity index (χ3n) is 3.52. The predicted molar refractivity (Wildman–Crippen MR) is 86.9 cm³/mol. The predicted octanol–water partition coefficient (Wildman–Crippen LogP) is 4.74. The quantitative estimate of drug-likeness (QED) is 0.771. The summed E-state index contributed by atoms with van der Waals surface area (Å²) in [6.07, 6.45) is 9.14. The Morgan fingerprint density at radius 2 is 1.79 bits per heavy atom. The van der Waals surface area contributed by atoms with Crippen LogP contribution >= 0.6 is 23.8 Å². The number of thiocarbonyl (C=S) groups is 1. The van der Waals surface area contributed by atoms with Gasteiger partial charge in [0.25, 0.3) is 0 Å². The van der Waals surface area contributed by atoms with E-state index >= 15 is 0 Å². The molecule has 0 atom stereocenters. The highest BCUT2D eigenvalue weighted by Crippen LogP contribution is 2.18. The molecule has 1 saturated carbocycles. The van der Waals surface area contributed by atoms with Crippen LogP contribution in [0.15, 0.2) is 24.3 Å². The lowest BCUT2D eigenvalue weighted by molar-refractivity contribution is 0.430. The summed E-state index contributed by atoms with van der Waals surface area (Å²) >= 11 is 11.3. The van der Waals surface area contributed by atoms with Gasteiger partial charge in [-0.25, -0.2) is 0 Å². The number of nitrogens with one attached hydrogen (secondary N) is 2. The number of hydrogen-bond acceptors (Lipinski definition) is 1. The molecule has 0 spiro atoms. The molecule has 0 radical (unpaired) electrons. The molecule has 2 rings (SSSR count). The molecule has 4 heteroatoms. The first kappa shape index (κ1) is 14.6. The Morgan fingerprint density at radius 3 is 2.47 bits per heavy atom. The molecule has 0 unspecified atom stereocenters. The van der Waals surface area contributed by atoms with E-state index in [0.717, 1.165) is 10.7 Å². The number of hydrogen-bond donors (Lipinski definition) is 2. The molecule has 0 aromatic heterocycles. The summed E-state index contributed by atoms with van der Waals surface area (Å²) in [6.45, 7) is 0. The van der Waals surface area contributed by atoms with Crippen LogP contribution in [0.5, 0.6) is 0 Å². The maximum atomic E-state index is 5.96. The largest absolute Gasteiger partial charge is 0.360 e. The second-order valence-electron chi connectivity index (χ2n) is 5.15. The van der Waals surface area contributed by atoms with Crippen LogP contribution in [0.2, 0.25) is 5.02 Å². The van der Waals surface area contributed by atoms with Crippen molar-refractivity contribution in [2.45, 2.75) is 51.0 Å². The smallest absolute Gasteiger partial charge is 0.170 e. The maximum absolute atomic E-state index is 5.96.